The van der Waals surface area contributed by atoms with Crippen molar-refractivity contribution in [1.29, 1.82) is 0 Å². The van der Waals surface area contributed by atoms with E-state index in [0.717, 1.165) is 18.6 Å². The first-order valence-corrected chi connectivity index (χ1v) is 7.81. The van der Waals surface area contributed by atoms with Gasteiger partial charge in [-0.25, -0.2) is 0 Å². The summed E-state index contributed by atoms with van der Waals surface area (Å²) < 4.78 is 5.79. The molecule has 100 valence electrons. The molecule has 2 rings (SSSR count). The van der Waals surface area contributed by atoms with Gasteiger partial charge in [0.2, 0.25) is 0 Å². The molecule has 2 nitrogen and oxygen atoms in total. The van der Waals surface area contributed by atoms with Gasteiger partial charge in [0.25, 0.3) is 0 Å². The van der Waals surface area contributed by atoms with Gasteiger partial charge in [-0.2, -0.15) is 0 Å². The van der Waals surface area contributed by atoms with Gasteiger partial charge in [-0.3, -0.25) is 0 Å². The zero-order chi connectivity index (χ0) is 13.0. The molecular weight excluding hydrogens is 242 g/mol. The second-order valence-electron chi connectivity index (χ2n) is 5.00. The number of para-hydroxylation sites is 1. The Hall–Kier alpha value is -0.670. The minimum atomic E-state index is 0.359. The van der Waals surface area contributed by atoms with E-state index in [1.54, 1.807) is 0 Å². The third kappa shape index (κ3) is 3.66. The number of ether oxygens (including phenoxy) is 1. The van der Waals surface area contributed by atoms with Gasteiger partial charge < -0.3 is 10.1 Å². The Balaban J connectivity index is 2.04. The third-order valence-corrected chi connectivity index (χ3v) is 4.20. The van der Waals surface area contributed by atoms with Gasteiger partial charge in [0, 0.05) is 16.6 Å². The van der Waals surface area contributed by atoms with Crippen LogP contribution in [0.1, 0.15) is 33.6 Å². The normalized spacial score (nSPS) is 28.1. The SMILES string of the molecule is CCSc1ccccc1NC1CC(C)OC(C)C1. The van der Waals surface area contributed by atoms with Crippen molar-refractivity contribution in [1.82, 2.24) is 0 Å². The number of anilines is 1. The standard InChI is InChI=1S/C15H23NOS/c1-4-18-15-8-6-5-7-14(15)16-13-9-11(2)17-12(3)10-13/h5-8,11-13,16H,4,9-10H2,1-3H3. The summed E-state index contributed by atoms with van der Waals surface area (Å²) in [7, 11) is 0. The number of rotatable bonds is 4. The zero-order valence-corrected chi connectivity index (χ0v) is 12.3. The fourth-order valence-electron chi connectivity index (χ4n) is 2.61. The summed E-state index contributed by atoms with van der Waals surface area (Å²) in [6.45, 7) is 6.52. The molecule has 1 aromatic carbocycles. The zero-order valence-electron chi connectivity index (χ0n) is 11.5. The summed E-state index contributed by atoms with van der Waals surface area (Å²) in [5.41, 5.74) is 1.27. The molecule has 0 aliphatic carbocycles. The molecule has 1 aliphatic rings. The van der Waals surface area contributed by atoms with Crippen molar-refractivity contribution in [2.24, 2.45) is 0 Å². The van der Waals surface area contributed by atoms with Gasteiger partial charge in [0.05, 0.1) is 12.2 Å². The molecule has 2 atom stereocenters. The van der Waals surface area contributed by atoms with Crippen LogP contribution < -0.4 is 5.32 Å². The highest BCUT2D eigenvalue weighted by Crippen LogP contribution is 2.29. The monoisotopic (exact) mass is 265 g/mol. The first-order chi connectivity index (χ1) is 8.69. The van der Waals surface area contributed by atoms with Crippen molar-refractivity contribution in [2.45, 2.75) is 56.8 Å². The van der Waals surface area contributed by atoms with Crippen LogP contribution >= 0.6 is 11.8 Å². The molecule has 18 heavy (non-hydrogen) atoms. The van der Waals surface area contributed by atoms with Crippen LogP contribution in [0.25, 0.3) is 0 Å². The summed E-state index contributed by atoms with van der Waals surface area (Å²) >= 11 is 1.90. The third-order valence-electron chi connectivity index (χ3n) is 3.24. The molecule has 0 radical (unpaired) electrons. The molecule has 1 saturated heterocycles. The lowest BCUT2D eigenvalue weighted by molar-refractivity contribution is -0.0338. The Kier molecular flexibility index (Phi) is 4.95. The number of thioether (sulfide) groups is 1. The predicted molar refractivity (Wildman–Crippen MR) is 79.5 cm³/mol. The van der Waals surface area contributed by atoms with E-state index in [-0.39, 0.29) is 0 Å². The van der Waals surface area contributed by atoms with E-state index >= 15 is 0 Å². The summed E-state index contributed by atoms with van der Waals surface area (Å²) in [5, 5.41) is 3.69. The lowest BCUT2D eigenvalue weighted by Crippen LogP contribution is -2.37. The Morgan fingerprint density at radius 3 is 2.56 bits per heavy atom. The van der Waals surface area contributed by atoms with E-state index in [0.29, 0.717) is 18.2 Å². The minimum absolute atomic E-state index is 0.359. The van der Waals surface area contributed by atoms with Crippen molar-refractivity contribution in [2.75, 3.05) is 11.1 Å². The van der Waals surface area contributed by atoms with Crippen LogP contribution in [0.2, 0.25) is 0 Å². The van der Waals surface area contributed by atoms with Crippen molar-refractivity contribution in [3.8, 4) is 0 Å². The van der Waals surface area contributed by atoms with Crippen LogP contribution in [0, 0.1) is 0 Å². The highest BCUT2D eigenvalue weighted by molar-refractivity contribution is 7.99. The van der Waals surface area contributed by atoms with Crippen LogP contribution in [0.3, 0.4) is 0 Å². The number of hydrogen-bond donors (Lipinski definition) is 1. The number of hydrogen-bond acceptors (Lipinski definition) is 3. The van der Waals surface area contributed by atoms with Crippen molar-refractivity contribution < 1.29 is 4.74 Å². The molecule has 0 aromatic heterocycles. The van der Waals surface area contributed by atoms with Gasteiger partial charge in [-0.15, -0.1) is 11.8 Å². The Labute approximate surface area is 114 Å². The lowest BCUT2D eigenvalue weighted by Gasteiger charge is -2.33. The Morgan fingerprint density at radius 2 is 1.89 bits per heavy atom. The summed E-state index contributed by atoms with van der Waals surface area (Å²) in [5.74, 6) is 1.11. The highest BCUT2D eigenvalue weighted by Gasteiger charge is 2.24. The maximum absolute atomic E-state index is 5.79. The first kappa shape index (κ1) is 13.8. The quantitative estimate of drug-likeness (QED) is 0.826. The fraction of sp³-hybridized carbons (Fsp3) is 0.600. The second kappa shape index (κ2) is 6.48. The molecule has 3 heteroatoms. The average Bonchev–Trinajstić information content (AvgIpc) is 2.30. The maximum Gasteiger partial charge on any atom is 0.0570 e. The smallest absolute Gasteiger partial charge is 0.0570 e. The second-order valence-corrected chi connectivity index (χ2v) is 6.31. The van der Waals surface area contributed by atoms with Crippen molar-refractivity contribution in [3.63, 3.8) is 0 Å². The Bertz CT molecular complexity index is 373. The van der Waals surface area contributed by atoms with E-state index in [9.17, 15) is 0 Å². The van der Waals surface area contributed by atoms with E-state index < -0.39 is 0 Å². The van der Waals surface area contributed by atoms with Crippen molar-refractivity contribution in [3.05, 3.63) is 24.3 Å². The molecule has 1 fully saturated rings. The van der Waals surface area contributed by atoms with Gasteiger partial charge in [0.1, 0.15) is 0 Å². The molecule has 1 aliphatic heterocycles. The van der Waals surface area contributed by atoms with E-state index in [4.69, 9.17) is 4.74 Å². The van der Waals surface area contributed by atoms with E-state index in [1.165, 1.54) is 10.6 Å². The number of benzene rings is 1. The topological polar surface area (TPSA) is 21.3 Å². The molecule has 1 heterocycles. The predicted octanol–water partition coefficient (Wildman–Crippen LogP) is 4.17. The van der Waals surface area contributed by atoms with Crippen LogP contribution in [-0.4, -0.2) is 24.0 Å². The van der Waals surface area contributed by atoms with Gasteiger partial charge in [-0.05, 0) is 44.6 Å². The van der Waals surface area contributed by atoms with Crippen LogP contribution in [0.5, 0.6) is 0 Å². The molecule has 0 amide bonds. The summed E-state index contributed by atoms with van der Waals surface area (Å²) in [4.78, 5) is 1.35. The first-order valence-electron chi connectivity index (χ1n) is 6.83. The van der Waals surface area contributed by atoms with Gasteiger partial charge in [0.15, 0.2) is 0 Å². The maximum atomic E-state index is 5.79. The van der Waals surface area contributed by atoms with Crippen molar-refractivity contribution >= 4 is 17.4 Å². The van der Waals surface area contributed by atoms with Crippen LogP contribution in [-0.2, 0) is 4.74 Å². The highest BCUT2D eigenvalue weighted by atomic mass is 32.2. The molecule has 2 unspecified atom stereocenters. The largest absolute Gasteiger partial charge is 0.381 e. The Morgan fingerprint density at radius 1 is 1.22 bits per heavy atom. The summed E-state index contributed by atoms with van der Waals surface area (Å²) in [6.07, 6.45) is 2.90. The molecule has 0 bridgehead atoms. The average molecular weight is 265 g/mol. The number of nitrogens with one attached hydrogen (secondary N) is 1. The lowest BCUT2D eigenvalue weighted by atomic mass is 9.99. The van der Waals surface area contributed by atoms with E-state index in [2.05, 4.69) is 50.4 Å². The van der Waals surface area contributed by atoms with E-state index in [1.807, 2.05) is 11.8 Å². The van der Waals surface area contributed by atoms with Crippen LogP contribution in [0.15, 0.2) is 29.2 Å². The summed E-state index contributed by atoms with van der Waals surface area (Å²) in [6, 6.07) is 9.13. The molecule has 0 spiro atoms. The molecular formula is C15H23NOS. The minimum Gasteiger partial charge on any atom is -0.381 e. The van der Waals surface area contributed by atoms with Crippen LogP contribution in [0.4, 0.5) is 5.69 Å². The molecule has 0 saturated carbocycles. The fourth-order valence-corrected chi connectivity index (χ4v) is 3.38. The molecule has 1 aromatic rings. The van der Waals surface area contributed by atoms with Gasteiger partial charge >= 0.3 is 0 Å². The van der Waals surface area contributed by atoms with Gasteiger partial charge in [-0.1, -0.05) is 19.1 Å². The molecule has 1 N–H and O–H groups in total.